The average molecular weight is 417 g/mol. The topological polar surface area (TPSA) is 102 Å². The van der Waals surface area contributed by atoms with Crippen molar-refractivity contribution >= 4 is 11.9 Å². The summed E-state index contributed by atoms with van der Waals surface area (Å²) >= 11 is 0. The van der Waals surface area contributed by atoms with E-state index in [0.29, 0.717) is 0 Å². The Kier molecular flexibility index (Phi) is 12.4. The number of hydrogen-bond donors (Lipinski definition) is 2. The molecule has 0 aliphatic carbocycles. The first-order chi connectivity index (χ1) is 13.9. The fourth-order valence-corrected chi connectivity index (χ4v) is 3.79. The van der Waals surface area contributed by atoms with Crippen molar-refractivity contribution in [1.29, 1.82) is 0 Å². The van der Waals surface area contributed by atoms with Crippen molar-refractivity contribution in [2.45, 2.75) is 110 Å². The van der Waals surface area contributed by atoms with Crippen LogP contribution in [0, 0.1) is 11.8 Å². The smallest absolute Gasteiger partial charge is 0.311 e. The summed E-state index contributed by atoms with van der Waals surface area (Å²) in [7, 11) is 0. The van der Waals surface area contributed by atoms with Crippen LogP contribution in [-0.2, 0) is 23.8 Å². The summed E-state index contributed by atoms with van der Waals surface area (Å²) in [6.45, 7) is 7.89. The number of carbonyl (C=O) groups excluding carboxylic acids is 2. The van der Waals surface area contributed by atoms with E-state index in [1.165, 1.54) is 0 Å². The minimum absolute atomic E-state index is 0.00336. The van der Waals surface area contributed by atoms with Crippen LogP contribution in [0.3, 0.4) is 0 Å². The first-order valence-corrected chi connectivity index (χ1v) is 11.3. The highest BCUT2D eigenvalue weighted by molar-refractivity contribution is 5.72. The highest BCUT2D eigenvalue weighted by Gasteiger charge is 2.40. The molecule has 0 aromatic rings. The maximum absolute atomic E-state index is 12.5. The predicted octanol–water partition coefficient (Wildman–Crippen LogP) is 3.34. The van der Waals surface area contributed by atoms with Gasteiger partial charge in [-0.1, -0.05) is 53.4 Å². The largest absolute Gasteiger partial charge is 0.463 e. The predicted molar refractivity (Wildman–Crippen MR) is 109 cm³/mol. The third-order valence-corrected chi connectivity index (χ3v) is 5.39. The van der Waals surface area contributed by atoms with E-state index in [1.807, 2.05) is 27.7 Å². The molecular formula is C22H40O7. The van der Waals surface area contributed by atoms with E-state index in [-0.39, 0.29) is 36.8 Å². The van der Waals surface area contributed by atoms with Gasteiger partial charge in [-0.3, -0.25) is 9.59 Å². The van der Waals surface area contributed by atoms with E-state index in [9.17, 15) is 19.8 Å². The normalized spacial score (nSPS) is 24.7. The molecule has 0 amide bonds. The molecule has 1 rings (SSSR count). The van der Waals surface area contributed by atoms with Crippen LogP contribution in [0.5, 0.6) is 0 Å². The Bertz CT molecular complexity index is 470. The van der Waals surface area contributed by atoms with Crippen molar-refractivity contribution in [1.82, 2.24) is 0 Å². The lowest BCUT2D eigenvalue weighted by molar-refractivity contribution is -0.255. The molecule has 0 saturated carbocycles. The minimum atomic E-state index is -1.20. The summed E-state index contributed by atoms with van der Waals surface area (Å²) in [6, 6.07) is 0. The SMILES string of the molecule is CCCC(CCC)C(=O)OCC1OC(OC(=O)C(CCC)CCC)CC(O)C1O. The summed E-state index contributed by atoms with van der Waals surface area (Å²) in [5.74, 6) is -1.03. The van der Waals surface area contributed by atoms with E-state index in [1.54, 1.807) is 0 Å². The highest BCUT2D eigenvalue weighted by atomic mass is 16.7. The second-order valence-corrected chi connectivity index (χ2v) is 8.01. The molecular weight excluding hydrogens is 376 g/mol. The van der Waals surface area contributed by atoms with E-state index < -0.39 is 24.6 Å². The molecule has 1 aliphatic rings. The molecule has 170 valence electrons. The Morgan fingerprint density at radius 2 is 1.38 bits per heavy atom. The van der Waals surface area contributed by atoms with Crippen LogP contribution >= 0.6 is 0 Å². The van der Waals surface area contributed by atoms with Crippen LogP contribution in [0.2, 0.25) is 0 Å². The van der Waals surface area contributed by atoms with Gasteiger partial charge in [0.25, 0.3) is 0 Å². The molecule has 1 fully saturated rings. The second-order valence-electron chi connectivity index (χ2n) is 8.01. The molecule has 0 aromatic carbocycles. The third kappa shape index (κ3) is 8.60. The number of esters is 2. The molecule has 0 aromatic heterocycles. The Balaban J connectivity index is 2.64. The fraction of sp³-hybridized carbons (Fsp3) is 0.909. The van der Waals surface area contributed by atoms with E-state index >= 15 is 0 Å². The summed E-state index contributed by atoms with van der Waals surface area (Å²) < 4.78 is 16.5. The van der Waals surface area contributed by atoms with Gasteiger partial charge in [-0.2, -0.15) is 0 Å². The molecule has 0 spiro atoms. The summed E-state index contributed by atoms with van der Waals surface area (Å²) in [5, 5.41) is 20.4. The molecule has 0 radical (unpaired) electrons. The Morgan fingerprint density at radius 1 is 0.897 bits per heavy atom. The summed E-state index contributed by atoms with van der Waals surface area (Å²) in [4.78, 5) is 24.8. The van der Waals surface area contributed by atoms with Gasteiger partial charge in [0.15, 0.2) is 0 Å². The van der Waals surface area contributed by atoms with E-state index in [0.717, 1.165) is 51.4 Å². The van der Waals surface area contributed by atoms with Crippen molar-refractivity contribution in [2.75, 3.05) is 6.61 Å². The second kappa shape index (κ2) is 13.9. The minimum Gasteiger partial charge on any atom is -0.463 e. The molecule has 1 saturated heterocycles. The quantitative estimate of drug-likeness (QED) is 0.444. The van der Waals surface area contributed by atoms with Gasteiger partial charge < -0.3 is 24.4 Å². The van der Waals surface area contributed by atoms with Crippen LogP contribution < -0.4 is 0 Å². The van der Waals surface area contributed by atoms with Crippen LogP contribution in [0.4, 0.5) is 0 Å². The van der Waals surface area contributed by atoms with Gasteiger partial charge in [-0.25, -0.2) is 0 Å². The van der Waals surface area contributed by atoms with E-state index in [4.69, 9.17) is 14.2 Å². The van der Waals surface area contributed by atoms with Crippen LogP contribution in [-0.4, -0.2) is 53.4 Å². The van der Waals surface area contributed by atoms with Gasteiger partial charge in [0.05, 0.1) is 17.9 Å². The van der Waals surface area contributed by atoms with Crippen molar-refractivity contribution in [3.8, 4) is 0 Å². The number of aliphatic hydroxyl groups is 2. The zero-order valence-corrected chi connectivity index (χ0v) is 18.5. The lowest BCUT2D eigenvalue weighted by Crippen LogP contribution is -2.51. The van der Waals surface area contributed by atoms with Gasteiger partial charge in [0.2, 0.25) is 6.29 Å². The Morgan fingerprint density at radius 3 is 1.86 bits per heavy atom. The van der Waals surface area contributed by atoms with Crippen molar-refractivity contribution in [3.05, 3.63) is 0 Å². The van der Waals surface area contributed by atoms with Crippen LogP contribution in [0.1, 0.15) is 85.5 Å². The number of carbonyl (C=O) groups is 2. The maximum atomic E-state index is 12.5. The summed E-state index contributed by atoms with van der Waals surface area (Å²) in [5.41, 5.74) is 0. The average Bonchev–Trinajstić information content (AvgIpc) is 2.68. The monoisotopic (exact) mass is 416 g/mol. The molecule has 7 nitrogen and oxygen atoms in total. The zero-order chi connectivity index (χ0) is 21.8. The molecule has 4 unspecified atom stereocenters. The molecule has 2 N–H and O–H groups in total. The van der Waals surface area contributed by atoms with Crippen LogP contribution in [0.25, 0.3) is 0 Å². The number of aliphatic hydroxyl groups excluding tert-OH is 2. The maximum Gasteiger partial charge on any atom is 0.311 e. The van der Waals surface area contributed by atoms with Gasteiger partial charge in [0, 0.05) is 6.42 Å². The molecule has 7 heteroatoms. The van der Waals surface area contributed by atoms with Gasteiger partial charge in [-0.05, 0) is 25.7 Å². The highest BCUT2D eigenvalue weighted by Crippen LogP contribution is 2.25. The van der Waals surface area contributed by atoms with Gasteiger partial charge >= 0.3 is 11.9 Å². The number of hydrogen-bond acceptors (Lipinski definition) is 7. The third-order valence-electron chi connectivity index (χ3n) is 5.39. The Hall–Kier alpha value is -1.18. The van der Waals surface area contributed by atoms with E-state index in [2.05, 4.69) is 0 Å². The van der Waals surface area contributed by atoms with Crippen LogP contribution in [0.15, 0.2) is 0 Å². The molecule has 29 heavy (non-hydrogen) atoms. The molecule has 4 atom stereocenters. The molecule has 1 aliphatic heterocycles. The van der Waals surface area contributed by atoms with Crippen molar-refractivity contribution < 1.29 is 34.0 Å². The number of rotatable bonds is 13. The first-order valence-electron chi connectivity index (χ1n) is 11.3. The fourth-order valence-electron chi connectivity index (χ4n) is 3.79. The Labute approximate surface area is 175 Å². The lowest BCUT2D eigenvalue weighted by Gasteiger charge is -2.36. The van der Waals surface area contributed by atoms with Gasteiger partial charge in [0.1, 0.15) is 18.8 Å². The summed E-state index contributed by atoms with van der Waals surface area (Å²) in [6.07, 6.45) is 2.30. The first kappa shape index (κ1) is 25.9. The van der Waals surface area contributed by atoms with Crippen molar-refractivity contribution in [3.63, 3.8) is 0 Å². The lowest BCUT2D eigenvalue weighted by atomic mass is 9.98. The zero-order valence-electron chi connectivity index (χ0n) is 18.5. The van der Waals surface area contributed by atoms with Gasteiger partial charge in [-0.15, -0.1) is 0 Å². The number of ether oxygens (including phenoxy) is 3. The molecule has 0 bridgehead atoms. The van der Waals surface area contributed by atoms with Crippen molar-refractivity contribution in [2.24, 2.45) is 11.8 Å². The molecule has 1 heterocycles. The standard InChI is InChI=1S/C22H40O7/c1-5-9-15(10-6-2)21(25)27-14-18-20(24)17(23)13-19(28-18)29-22(26)16(11-7-3)12-8-4/h15-20,23-24H,5-14H2,1-4H3.